The van der Waals surface area contributed by atoms with Crippen LogP contribution in [0.2, 0.25) is 0 Å². The quantitative estimate of drug-likeness (QED) is 0.831. The van der Waals surface area contributed by atoms with Crippen molar-refractivity contribution in [1.29, 1.82) is 0 Å². The van der Waals surface area contributed by atoms with Gasteiger partial charge in [0, 0.05) is 18.5 Å². The van der Waals surface area contributed by atoms with E-state index in [-0.39, 0.29) is 11.3 Å². The topological polar surface area (TPSA) is 48.8 Å². The molecule has 4 heteroatoms. The lowest BCUT2D eigenvalue weighted by atomic mass is 9.87. The number of amides is 1. The molecule has 0 radical (unpaired) electrons. The Hall–Kier alpha value is -2.10. The number of hydrogen-bond donors (Lipinski definition) is 2. The summed E-state index contributed by atoms with van der Waals surface area (Å²) in [7, 11) is 1.98. The van der Waals surface area contributed by atoms with Gasteiger partial charge < -0.3 is 5.32 Å². The molecule has 1 aromatic carbocycles. The maximum atomic E-state index is 12.1. The van der Waals surface area contributed by atoms with Crippen molar-refractivity contribution in [1.82, 2.24) is 10.3 Å². The van der Waals surface area contributed by atoms with Gasteiger partial charge in [-0.25, -0.2) is 9.55 Å². The van der Waals surface area contributed by atoms with Crippen LogP contribution in [0.1, 0.15) is 42.4 Å². The number of carbonyl (C=O) groups is 1. The summed E-state index contributed by atoms with van der Waals surface area (Å²) in [5.74, 6) is -0.0198. The van der Waals surface area contributed by atoms with Crippen LogP contribution in [0.25, 0.3) is 0 Å². The predicted molar refractivity (Wildman–Crippen MR) is 83.1 cm³/mol. The number of aryl methyl sites for hydroxylation is 1. The SMILES string of the molecule is C[n+]1c[nH]cc1CCNC(=O)c1ccc(C(C)(C)C)cc1. The van der Waals surface area contributed by atoms with Crippen LogP contribution < -0.4 is 9.88 Å². The molecular formula is C17H24N3O+. The van der Waals surface area contributed by atoms with Gasteiger partial charge in [0.15, 0.2) is 0 Å². The molecule has 112 valence electrons. The number of rotatable bonds is 4. The van der Waals surface area contributed by atoms with Gasteiger partial charge >= 0.3 is 0 Å². The van der Waals surface area contributed by atoms with Gasteiger partial charge in [-0.3, -0.25) is 4.79 Å². The Balaban J connectivity index is 1.90. The molecule has 21 heavy (non-hydrogen) atoms. The van der Waals surface area contributed by atoms with E-state index in [1.165, 1.54) is 11.3 Å². The molecule has 0 saturated carbocycles. The Morgan fingerprint density at radius 3 is 2.43 bits per heavy atom. The van der Waals surface area contributed by atoms with E-state index in [0.717, 1.165) is 6.42 Å². The first-order valence-corrected chi connectivity index (χ1v) is 7.28. The summed E-state index contributed by atoms with van der Waals surface area (Å²) in [6.45, 7) is 7.13. The van der Waals surface area contributed by atoms with Crippen LogP contribution >= 0.6 is 0 Å². The minimum Gasteiger partial charge on any atom is -0.352 e. The van der Waals surface area contributed by atoms with E-state index >= 15 is 0 Å². The molecule has 0 bridgehead atoms. The molecule has 2 N–H and O–H groups in total. The van der Waals surface area contributed by atoms with Crippen molar-refractivity contribution in [3.63, 3.8) is 0 Å². The summed E-state index contributed by atoms with van der Waals surface area (Å²) in [6.07, 6.45) is 4.65. The highest BCUT2D eigenvalue weighted by Gasteiger charge is 2.14. The minimum absolute atomic E-state index is 0.0198. The van der Waals surface area contributed by atoms with Gasteiger partial charge in [-0.05, 0) is 23.1 Å². The molecule has 0 saturated heterocycles. The number of benzene rings is 1. The van der Waals surface area contributed by atoms with E-state index in [1.807, 2.05) is 48.4 Å². The summed E-state index contributed by atoms with van der Waals surface area (Å²) >= 11 is 0. The van der Waals surface area contributed by atoms with Gasteiger partial charge in [-0.15, -0.1) is 0 Å². The average Bonchev–Trinajstić information content (AvgIpc) is 2.83. The van der Waals surface area contributed by atoms with E-state index < -0.39 is 0 Å². The molecule has 2 rings (SSSR count). The van der Waals surface area contributed by atoms with Crippen LogP contribution in [0.3, 0.4) is 0 Å². The number of carbonyl (C=O) groups excluding carboxylic acids is 1. The standard InChI is InChI=1S/C17H23N3O/c1-17(2,3)14-7-5-13(6-8-14)16(21)19-10-9-15-11-18-12-20(15)4/h5-8,11-12H,9-10H2,1-4H3,(H,19,21)/p+1. The summed E-state index contributed by atoms with van der Waals surface area (Å²) in [6, 6.07) is 7.85. The number of hydrogen-bond acceptors (Lipinski definition) is 1. The first-order chi connectivity index (χ1) is 9.88. The van der Waals surface area contributed by atoms with Gasteiger partial charge in [-0.2, -0.15) is 0 Å². The molecule has 0 aliphatic heterocycles. The first kappa shape index (κ1) is 15.3. The third-order valence-corrected chi connectivity index (χ3v) is 3.65. The van der Waals surface area contributed by atoms with Gasteiger partial charge in [-0.1, -0.05) is 32.9 Å². The molecule has 4 nitrogen and oxygen atoms in total. The highest BCUT2D eigenvalue weighted by atomic mass is 16.1. The second-order valence-electron chi connectivity index (χ2n) is 6.38. The van der Waals surface area contributed by atoms with E-state index in [2.05, 4.69) is 31.1 Å². The summed E-state index contributed by atoms with van der Waals surface area (Å²) in [5.41, 5.74) is 3.22. The molecule has 1 aromatic heterocycles. The average molecular weight is 286 g/mol. The van der Waals surface area contributed by atoms with Crippen molar-refractivity contribution >= 4 is 5.91 Å². The smallest absolute Gasteiger partial charge is 0.251 e. The lowest BCUT2D eigenvalue weighted by Crippen LogP contribution is -2.33. The zero-order valence-corrected chi connectivity index (χ0v) is 13.2. The van der Waals surface area contributed by atoms with Gasteiger partial charge in [0.1, 0.15) is 11.9 Å². The normalized spacial score (nSPS) is 11.4. The summed E-state index contributed by atoms with van der Waals surface area (Å²) in [4.78, 5) is 15.1. The number of H-pyrrole nitrogens is 1. The lowest BCUT2D eigenvalue weighted by molar-refractivity contribution is -0.677. The van der Waals surface area contributed by atoms with Gasteiger partial charge in [0.2, 0.25) is 6.33 Å². The Labute approximate surface area is 126 Å². The Morgan fingerprint density at radius 1 is 1.24 bits per heavy atom. The fraction of sp³-hybridized carbons (Fsp3) is 0.412. The van der Waals surface area contributed by atoms with Crippen LogP contribution in [0.5, 0.6) is 0 Å². The number of nitrogens with zero attached hydrogens (tertiary/aromatic N) is 1. The molecule has 0 unspecified atom stereocenters. The molecule has 0 atom stereocenters. The molecule has 1 heterocycles. The summed E-state index contributed by atoms with van der Waals surface area (Å²) in [5, 5.41) is 2.96. The number of imidazole rings is 1. The lowest BCUT2D eigenvalue weighted by Gasteiger charge is -2.19. The zero-order valence-electron chi connectivity index (χ0n) is 13.2. The van der Waals surface area contributed by atoms with Crippen molar-refractivity contribution in [2.24, 2.45) is 7.05 Å². The van der Waals surface area contributed by atoms with Crippen molar-refractivity contribution in [2.75, 3.05) is 6.54 Å². The van der Waals surface area contributed by atoms with Crippen molar-refractivity contribution < 1.29 is 9.36 Å². The van der Waals surface area contributed by atoms with Crippen molar-refractivity contribution in [3.8, 4) is 0 Å². The monoisotopic (exact) mass is 286 g/mol. The van der Waals surface area contributed by atoms with Gasteiger partial charge in [0.25, 0.3) is 5.91 Å². The number of aromatic nitrogens is 2. The molecule has 1 amide bonds. The second kappa shape index (κ2) is 6.12. The molecule has 2 aromatic rings. The molecular weight excluding hydrogens is 262 g/mol. The van der Waals surface area contributed by atoms with Crippen LogP contribution in [-0.4, -0.2) is 17.4 Å². The fourth-order valence-corrected chi connectivity index (χ4v) is 2.21. The third kappa shape index (κ3) is 3.94. The van der Waals surface area contributed by atoms with Crippen LogP contribution in [0.15, 0.2) is 36.8 Å². The van der Waals surface area contributed by atoms with E-state index in [9.17, 15) is 4.79 Å². The molecule has 0 aliphatic carbocycles. The van der Waals surface area contributed by atoms with E-state index in [4.69, 9.17) is 0 Å². The molecule has 0 aliphatic rings. The Morgan fingerprint density at radius 2 is 1.90 bits per heavy atom. The van der Waals surface area contributed by atoms with Crippen LogP contribution in [-0.2, 0) is 18.9 Å². The maximum absolute atomic E-state index is 12.1. The van der Waals surface area contributed by atoms with Crippen molar-refractivity contribution in [3.05, 3.63) is 53.6 Å². The van der Waals surface area contributed by atoms with E-state index in [1.54, 1.807) is 0 Å². The van der Waals surface area contributed by atoms with Gasteiger partial charge in [0.05, 0.1) is 7.05 Å². The third-order valence-electron chi connectivity index (χ3n) is 3.65. The fourth-order valence-electron chi connectivity index (χ4n) is 2.21. The zero-order chi connectivity index (χ0) is 15.5. The Bertz CT molecular complexity index is 606. The molecule has 0 fully saturated rings. The van der Waals surface area contributed by atoms with Crippen LogP contribution in [0, 0.1) is 0 Å². The first-order valence-electron chi connectivity index (χ1n) is 7.28. The maximum Gasteiger partial charge on any atom is 0.251 e. The predicted octanol–water partition coefficient (Wildman–Crippen LogP) is 2.11. The molecule has 0 spiro atoms. The minimum atomic E-state index is -0.0198. The summed E-state index contributed by atoms with van der Waals surface area (Å²) < 4.78 is 2.02. The Kier molecular flexibility index (Phi) is 4.46. The largest absolute Gasteiger partial charge is 0.352 e. The highest BCUT2D eigenvalue weighted by molar-refractivity contribution is 5.94. The second-order valence-corrected chi connectivity index (χ2v) is 6.38. The van der Waals surface area contributed by atoms with Crippen LogP contribution in [0.4, 0.5) is 0 Å². The number of nitrogens with one attached hydrogen (secondary N) is 2. The van der Waals surface area contributed by atoms with Crippen molar-refractivity contribution in [2.45, 2.75) is 32.6 Å². The highest BCUT2D eigenvalue weighted by Crippen LogP contribution is 2.22. The van der Waals surface area contributed by atoms with E-state index in [0.29, 0.717) is 12.1 Å². The number of aromatic amines is 1.